The first-order valence-electron chi connectivity index (χ1n) is 10.8. The Morgan fingerprint density at radius 2 is 1.05 bits per heavy atom. The van der Waals surface area contributed by atoms with E-state index < -0.39 is 62.5 Å². The van der Waals surface area contributed by atoms with Crippen LogP contribution in [0.25, 0.3) is 5.57 Å². The third kappa shape index (κ3) is 10.3. The molecule has 0 saturated heterocycles. The first-order chi connectivity index (χ1) is 17.8. The lowest BCUT2D eigenvalue weighted by Crippen LogP contribution is -2.23. The molecule has 0 bridgehead atoms. The number of ether oxygens (including phenoxy) is 4. The highest BCUT2D eigenvalue weighted by Gasteiger charge is 2.23. The summed E-state index contributed by atoms with van der Waals surface area (Å²) in [7, 11) is -5.88. The minimum atomic E-state index is -4.45. The van der Waals surface area contributed by atoms with Gasteiger partial charge in [-0.3, -0.25) is 9.11 Å². The number of hydrogen-bond donors (Lipinski definition) is 2. The highest BCUT2D eigenvalue weighted by atomic mass is 32.2. The van der Waals surface area contributed by atoms with Gasteiger partial charge < -0.3 is 18.9 Å². The lowest BCUT2D eigenvalue weighted by molar-refractivity contribution is -0.146. The van der Waals surface area contributed by atoms with Crippen LogP contribution in [0, 0.1) is 0 Å². The molecule has 38 heavy (non-hydrogen) atoms. The largest absolute Gasteiger partial charge is 0.497 e. The molecule has 2 aromatic rings. The van der Waals surface area contributed by atoms with Crippen molar-refractivity contribution in [3.05, 3.63) is 77.4 Å². The van der Waals surface area contributed by atoms with Crippen LogP contribution in [0.2, 0.25) is 0 Å². The quantitative estimate of drug-likeness (QED) is 0.0893. The number of rotatable bonds is 13. The monoisotopic (exact) mass is 570 g/mol. The highest BCUT2D eigenvalue weighted by molar-refractivity contribution is 7.86. The average molecular weight is 571 g/mol. The van der Waals surface area contributed by atoms with Crippen molar-refractivity contribution in [2.24, 2.45) is 0 Å². The molecule has 2 rings (SSSR count). The molecule has 2 aromatic carbocycles. The van der Waals surface area contributed by atoms with Crippen LogP contribution in [-0.4, -0.2) is 76.8 Å². The van der Waals surface area contributed by atoms with E-state index in [1.165, 1.54) is 20.3 Å². The molecule has 0 aliphatic carbocycles. The Morgan fingerprint density at radius 1 is 0.684 bits per heavy atom. The van der Waals surface area contributed by atoms with Crippen molar-refractivity contribution in [1.82, 2.24) is 0 Å². The zero-order valence-corrected chi connectivity index (χ0v) is 22.0. The number of allylic oxidation sites excluding steroid dienone is 2. The zero-order valence-electron chi connectivity index (χ0n) is 20.4. The van der Waals surface area contributed by atoms with E-state index in [1.54, 1.807) is 48.5 Å². The van der Waals surface area contributed by atoms with E-state index in [4.69, 9.17) is 28.1 Å². The van der Waals surface area contributed by atoms with E-state index in [2.05, 4.69) is 0 Å². The van der Waals surface area contributed by atoms with Gasteiger partial charge in [0, 0.05) is 0 Å². The van der Waals surface area contributed by atoms with Crippen molar-refractivity contribution in [1.29, 1.82) is 0 Å². The van der Waals surface area contributed by atoms with E-state index in [-0.39, 0.29) is 0 Å². The van der Waals surface area contributed by atoms with Crippen molar-refractivity contribution < 1.29 is 54.5 Å². The first kappa shape index (κ1) is 30.5. The molecule has 0 aliphatic rings. The van der Waals surface area contributed by atoms with Crippen molar-refractivity contribution in [3.63, 3.8) is 0 Å². The second kappa shape index (κ2) is 13.7. The van der Waals surface area contributed by atoms with Crippen LogP contribution in [0.15, 0.2) is 66.3 Å². The molecule has 0 unspecified atom stereocenters. The number of methoxy groups -OCH3 is 2. The van der Waals surface area contributed by atoms with Crippen LogP contribution in [0.4, 0.5) is 0 Å². The Bertz CT molecular complexity index is 1290. The minimum absolute atomic E-state index is 0.532. The summed E-state index contributed by atoms with van der Waals surface area (Å²) in [4.78, 5) is 25.2. The maximum absolute atomic E-state index is 12.6. The van der Waals surface area contributed by atoms with E-state index in [9.17, 15) is 26.4 Å². The maximum Gasteiger partial charge on any atom is 0.345 e. The summed E-state index contributed by atoms with van der Waals surface area (Å²) in [6.07, 6.45) is 2.47. The third-order valence-corrected chi connectivity index (χ3v) is 6.17. The van der Waals surface area contributed by atoms with Crippen molar-refractivity contribution in [2.45, 2.75) is 0 Å². The fraction of sp³-hybridized carbons (Fsp3) is 0.250. The Morgan fingerprint density at radius 3 is 1.37 bits per heavy atom. The number of esters is 2. The predicted molar refractivity (Wildman–Crippen MR) is 136 cm³/mol. The smallest absolute Gasteiger partial charge is 0.345 e. The molecule has 0 aromatic heterocycles. The van der Waals surface area contributed by atoms with Gasteiger partial charge in [0.2, 0.25) is 0 Å². The minimum Gasteiger partial charge on any atom is -0.497 e. The van der Waals surface area contributed by atoms with E-state index in [0.717, 1.165) is 6.08 Å². The van der Waals surface area contributed by atoms with Crippen LogP contribution in [0.1, 0.15) is 11.1 Å². The molecule has 0 aliphatic heterocycles. The number of carbonyl (C=O) groups is 2. The van der Waals surface area contributed by atoms with E-state index in [0.29, 0.717) is 28.2 Å². The van der Waals surface area contributed by atoms with Crippen molar-refractivity contribution >= 4 is 37.7 Å². The molecule has 0 spiro atoms. The molecule has 2 N–H and O–H groups in total. The molecule has 0 heterocycles. The second-order valence-corrected chi connectivity index (χ2v) is 10.6. The molecular formula is C24H26O12S2. The standard InChI is InChI=1S/C24H26O12S2/c1-33-19-7-3-17(4-8-19)21(18-5-9-20(34-2)10-6-18)11-12-22(23(25)35-13-15-37(27,28)29)24(26)36-14-16-38(30,31)32/h3-12H,13-16H2,1-2H3,(H,27,28,29)(H,30,31,32). The van der Waals surface area contributed by atoms with E-state index in [1.807, 2.05) is 0 Å². The summed E-state index contributed by atoms with van der Waals surface area (Å²) < 4.78 is 81.3. The molecule has 0 radical (unpaired) electrons. The van der Waals surface area contributed by atoms with Gasteiger partial charge in [-0.25, -0.2) is 9.59 Å². The topological polar surface area (TPSA) is 180 Å². The zero-order chi connectivity index (χ0) is 28.3. The third-order valence-electron chi connectivity index (χ3n) is 4.81. The molecule has 0 amide bonds. The molecule has 0 atom stereocenters. The summed E-state index contributed by atoms with van der Waals surface area (Å²) in [5.74, 6) is -3.23. The van der Waals surface area contributed by atoms with Crippen LogP contribution in [-0.2, 0) is 39.3 Å². The van der Waals surface area contributed by atoms with Gasteiger partial charge in [-0.05, 0) is 47.0 Å². The summed E-state index contributed by atoms with van der Waals surface area (Å²) >= 11 is 0. The Labute approximate surface area is 220 Å². The van der Waals surface area contributed by atoms with Gasteiger partial charge in [-0.15, -0.1) is 0 Å². The Hall–Kier alpha value is -3.72. The summed E-state index contributed by atoms with van der Waals surface area (Å²) in [6.45, 7) is -1.53. The van der Waals surface area contributed by atoms with E-state index >= 15 is 0 Å². The van der Waals surface area contributed by atoms with Gasteiger partial charge in [0.25, 0.3) is 20.2 Å². The SMILES string of the molecule is COc1ccc(C(=CC=C(C(=O)OCCS(=O)(=O)O)C(=O)OCCS(=O)(=O)O)c2ccc(OC)cc2)cc1. The fourth-order valence-corrected chi connectivity index (χ4v) is 3.51. The number of carbonyl (C=O) groups excluding carboxylic acids is 2. The van der Waals surface area contributed by atoms with Gasteiger partial charge in [-0.2, -0.15) is 16.8 Å². The lowest BCUT2D eigenvalue weighted by Gasteiger charge is -2.11. The number of benzene rings is 2. The van der Waals surface area contributed by atoms with Gasteiger partial charge in [0.15, 0.2) is 0 Å². The lowest BCUT2D eigenvalue weighted by atomic mass is 9.96. The van der Waals surface area contributed by atoms with Gasteiger partial charge >= 0.3 is 11.9 Å². The Balaban J connectivity index is 2.50. The maximum atomic E-state index is 12.6. The molecule has 206 valence electrons. The average Bonchev–Trinajstić information content (AvgIpc) is 2.85. The normalized spacial score (nSPS) is 11.2. The van der Waals surface area contributed by atoms with Crippen LogP contribution in [0.5, 0.6) is 11.5 Å². The fourth-order valence-electron chi connectivity index (χ4n) is 2.92. The van der Waals surface area contributed by atoms with Gasteiger partial charge in [-0.1, -0.05) is 30.3 Å². The van der Waals surface area contributed by atoms with Gasteiger partial charge in [0.05, 0.1) is 14.2 Å². The Kier molecular flexibility index (Phi) is 11.0. The van der Waals surface area contributed by atoms with Crippen molar-refractivity contribution in [2.75, 3.05) is 38.9 Å². The van der Waals surface area contributed by atoms with Crippen molar-refractivity contribution in [3.8, 4) is 11.5 Å². The van der Waals surface area contributed by atoms with Gasteiger partial charge in [0.1, 0.15) is 41.8 Å². The highest BCUT2D eigenvalue weighted by Crippen LogP contribution is 2.27. The molecular weight excluding hydrogens is 544 g/mol. The van der Waals surface area contributed by atoms with Crippen LogP contribution < -0.4 is 9.47 Å². The first-order valence-corrected chi connectivity index (χ1v) is 14.0. The van der Waals surface area contributed by atoms with Crippen LogP contribution >= 0.6 is 0 Å². The molecule has 12 nitrogen and oxygen atoms in total. The summed E-state index contributed by atoms with van der Waals surface area (Å²) in [5, 5.41) is 0. The molecule has 0 fully saturated rings. The second-order valence-electron chi connectivity index (χ2n) is 7.46. The summed E-state index contributed by atoms with van der Waals surface area (Å²) in [5.41, 5.74) is 1.15. The van der Waals surface area contributed by atoms with Crippen LogP contribution in [0.3, 0.4) is 0 Å². The molecule has 14 heteroatoms. The predicted octanol–water partition coefficient (Wildman–Crippen LogP) is 1.92. The number of hydrogen-bond acceptors (Lipinski definition) is 10. The molecule has 0 saturated carbocycles. The summed E-state index contributed by atoms with van der Waals surface area (Å²) in [6, 6.07) is 13.7.